The van der Waals surface area contributed by atoms with E-state index in [2.05, 4.69) is 10.2 Å². The molecule has 0 radical (unpaired) electrons. The number of amides is 1. The van der Waals surface area contributed by atoms with Gasteiger partial charge in [0.15, 0.2) is 0 Å². The number of benzodiazepines with no additional fused rings is 1. The summed E-state index contributed by atoms with van der Waals surface area (Å²) in [6.45, 7) is 1.93. The molecule has 0 atom stereocenters. The third-order valence-electron chi connectivity index (χ3n) is 4.69. The van der Waals surface area contributed by atoms with E-state index in [0.29, 0.717) is 10.7 Å². The van der Waals surface area contributed by atoms with Crippen molar-refractivity contribution < 1.29 is 4.79 Å². The van der Waals surface area contributed by atoms with Crippen LogP contribution in [0.25, 0.3) is 0 Å². The fourth-order valence-corrected chi connectivity index (χ4v) is 3.54. The van der Waals surface area contributed by atoms with Crippen LogP contribution in [0.2, 0.25) is 5.02 Å². The number of likely N-dealkylation sites (tertiary alicyclic amines) is 1. The van der Waals surface area contributed by atoms with Crippen molar-refractivity contribution in [3.8, 4) is 0 Å². The lowest BCUT2D eigenvalue weighted by atomic mass is 10.0. The SMILES string of the molecule is O=C1Nc2ccc(Cl)cc2C(c2ccccc2)=NC1=CN1CCCCC1. The minimum Gasteiger partial charge on any atom is -0.375 e. The van der Waals surface area contributed by atoms with E-state index >= 15 is 0 Å². The fraction of sp³-hybridized carbons (Fsp3) is 0.238. The molecule has 0 aliphatic carbocycles. The molecule has 2 heterocycles. The van der Waals surface area contributed by atoms with Crippen molar-refractivity contribution in [1.29, 1.82) is 0 Å². The lowest BCUT2D eigenvalue weighted by molar-refractivity contribution is -0.112. The average molecular weight is 366 g/mol. The van der Waals surface area contributed by atoms with Crippen LogP contribution in [-0.4, -0.2) is 29.6 Å². The number of aliphatic imine (C=N–C) groups is 1. The minimum atomic E-state index is -0.190. The molecule has 1 saturated heterocycles. The molecule has 26 heavy (non-hydrogen) atoms. The number of halogens is 1. The number of nitrogens with zero attached hydrogens (tertiary/aromatic N) is 2. The highest BCUT2D eigenvalue weighted by molar-refractivity contribution is 6.32. The largest absolute Gasteiger partial charge is 0.375 e. The molecule has 1 amide bonds. The van der Waals surface area contributed by atoms with Crippen LogP contribution in [0.15, 0.2) is 65.4 Å². The first-order valence-electron chi connectivity index (χ1n) is 8.92. The van der Waals surface area contributed by atoms with Gasteiger partial charge in [-0.1, -0.05) is 41.9 Å². The molecular formula is C21H20ClN3O. The molecule has 132 valence electrons. The van der Waals surface area contributed by atoms with Gasteiger partial charge in [-0.25, -0.2) is 4.99 Å². The molecular weight excluding hydrogens is 346 g/mol. The highest BCUT2D eigenvalue weighted by Crippen LogP contribution is 2.28. The van der Waals surface area contributed by atoms with E-state index in [1.165, 1.54) is 6.42 Å². The van der Waals surface area contributed by atoms with E-state index in [9.17, 15) is 4.79 Å². The van der Waals surface area contributed by atoms with Crippen molar-refractivity contribution in [2.45, 2.75) is 19.3 Å². The molecule has 2 aromatic carbocycles. The van der Waals surface area contributed by atoms with Gasteiger partial charge in [0.1, 0.15) is 5.70 Å². The molecule has 0 bridgehead atoms. The van der Waals surface area contributed by atoms with Gasteiger partial charge >= 0.3 is 0 Å². The van der Waals surface area contributed by atoms with Crippen molar-refractivity contribution in [1.82, 2.24) is 4.90 Å². The third-order valence-corrected chi connectivity index (χ3v) is 4.93. The number of fused-ring (bicyclic) bond motifs is 1. The van der Waals surface area contributed by atoms with Crippen LogP contribution in [0.5, 0.6) is 0 Å². The van der Waals surface area contributed by atoms with Crippen molar-refractivity contribution in [2.24, 2.45) is 4.99 Å². The molecule has 2 aliphatic heterocycles. The lowest BCUT2D eigenvalue weighted by Gasteiger charge is -2.25. The second kappa shape index (κ2) is 7.34. The second-order valence-electron chi connectivity index (χ2n) is 6.58. The van der Waals surface area contributed by atoms with Crippen molar-refractivity contribution in [3.63, 3.8) is 0 Å². The van der Waals surface area contributed by atoms with Gasteiger partial charge in [-0.15, -0.1) is 0 Å². The number of carbonyl (C=O) groups is 1. The normalized spacial score (nSPS) is 18.8. The van der Waals surface area contributed by atoms with Crippen molar-refractivity contribution in [2.75, 3.05) is 18.4 Å². The van der Waals surface area contributed by atoms with Crippen molar-refractivity contribution in [3.05, 3.63) is 76.6 Å². The van der Waals surface area contributed by atoms with E-state index in [1.807, 2.05) is 48.7 Å². The minimum absolute atomic E-state index is 0.190. The quantitative estimate of drug-likeness (QED) is 0.799. The maximum absolute atomic E-state index is 12.8. The van der Waals surface area contributed by atoms with E-state index in [-0.39, 0.29) is 5.91 Å². The number of hydrogen-bond acceptors (Lipinski definition) is 3. The van der Waals surface area contributed by atoms with Crippen LogP contribution in [0, 0.1) is 0 Å². The maximum Gasteiger partial charge on any atom is 0.275 e. The molecule has 0 unspecified atom stereocenters. The van der Waals surface area contributed by atoms with E-state index in [1.54, 1.807) is 6.07 Å². The molecule has 2 aliphatic rings. The zero-order valence-electron chi connectivity index (χ0n) is 14.4. The molecule has 1 N–H and O–H groups in total. The molecule has 1 fully saturated rings. The summed E-state index contributed by atoms with van der Waals surface area (Å²) in [7, 11) is 0. The summed E-state index contributed by atoms with van der Waals surface area (Å²) in [5, 5.41) is 3.60. The molecule has 0 spiro atoms. The summed E-state index contributed by atoms with van der Waals surface area (Å²) in [5.74, 6) is -0.190. The fourth-order valence-electron chi connectivity index (χ4n) is 3.36. The first kappa shape index (κ1) is 16.9. The van der Waals surface area contributed by atoms with Gasteiger partial charge in [0.2, 0.25) is 0 Å². The van der Waals surface area contributed by atoms with Crippen LogP contribution in [-0.2, 0) is 4.79 Å². The summed E-state index contributed by atoms with van der Waals surface area (Å²) in [4.78, 5) is 19.7. The van der Waals surface area contributed by atoms with Crippen LogP contribution in [0.1, 0.15) is 30.4 Å². The third kappa shape index (κ3) is 3.51. The van der Waals surface area contributed by atoms with E-state index < -0.39 is 0 Å². The Morgan fingerprint density at radius 2 is 1.81 bits per heavy atom. The van der Waals surface area contributed by atoms with Crippen LogP contribution >= 0.6 is 11.6 Å². The Kier molecular flexibility index (Phi) is 4.76. The van der Waals surface area contributed by atoms with Crippen molar-refractivity contribution >= 4 is 28.9 Å². The number of piperidine rings is 1. The number of nitrogens with one attached hydrogen (secondary N) is 1. The second-order valence-corrected chi connectivity index (χ2v) is 7.02. The Balaban J connectivity index is 1.84. The van der Waals surface area contributed by atoms with Crippen LogP contribution < -0.4 is 5.32 Å². The Labute approximate surface area is 158 Å². The summed E-state index contributed by atoms with van der Waals surface area (Å²) in [5.41, 5.74) is 3.70. The first-order valence-corrected chi connectivity index (χ1v) is 9.30. The zero-order valence-corrected chi connectivity index (χ0v) is 15.2. The molecule has 4 rings (SSSR count). The van der Waals surface area contributed by atoms with E-state index in [0.717, 1.165) is 48.5 Å². The Morgan fingerprint density at radius 3 is 2.58 bits per heavy atom. The van der Waals surface area contributed by atoms with Gasteiger partial charge in [-0.3, -0.25) is 4.79 Å². The topological polar surface area (TPSA) is 44.7 Å². The highest BCUT2D eigenvalue weighted by atomic mass is 35.5. The number of carbonyl (C=O) groups excluding carboxylic acids is 1. The summed E-state index contributed by atoms with van der Waals surface area (Å²) in [6, 6.07) is 15.4. The standard InChI is InChI=1S/C21H20ClN3O/c22-16-9-10-18-17(13-16)20(15-7-3-1-4-8-15)23-19(21(26)24-18)14-25-11-5-2-6-12-25/h1,3-4,7-10,13-14H,2,5-6,11-12H2,(H,24,26). The lowest BCUT2D eigenvalue weighted by Crippen LogP contribution is -2.26. The monoisotopic (exact) mass is 365 g/mol. The van der Waals surface area contributed by atoms with Gasteiger partial charge in [0.05, 0.1) is 11.4 Å². The van der Waals surface area contributed by atoms with E-state index in [4.69, 9.17) is 16.6 Å². The first-order chi connectivity index (χ1) is 12.7. The summed E-state index contributed by atoms with van der Waals surface area (Å²) in [6.07, 6.45) is 5.44. The Bertz CT molecular complexity index is 883. The van der Waals surface area contributed by atoms with Gasteiger partial charge in [0.25, 0.3) is 5.91 Å². The number of benzene rings is 2. The predicted molar refractivity (Wildman–Crippen MR) is 106 cm³/mol. The Hall–Kier alpha value is -2.59. The number of rotatable bonds is 2. The number of anilines is 1. The molecule has 4 nitrogen and oxygen atoms in total. The molecule has 0 saturated carbocycles. The van der Waals surface area contributed by atoms with Gasteiger partial charge in [-0.05, 0) is 37.5 Å². The average Bonchev–Trinajstić information content (AvgIpc) is 2.80. The predicted octanol–water partition coefficient (Wildman–Crippen LogP) is 4.46. The summed E-state index contributed by atoms with van der Waals surface area (Å²) < 4.78 is 0. The van der Waals surface area contributed by atoms with Gasteiger partial charge in [0, 0.05) is 35.4 Å². The maximum atomic E-state index is 12.8. The molecule has 5 heteroatoms. The smallest absolute Gasteiger partial charge is 0.275 e. The Morgan fingerprint density at radius 1 is 1.04 bits per heavy atom. The summed E-state index contributed by atoms with van der Waals surface area (Å²) >= 11 is 6.22. The number of hydrogen-bond donors (Lipinski definition) is 1. The highest BCUT2D eigenvalue weighted by Gasteiger charge is 2.22. The van der Waals surface area contributed by atoms with Crippen LogP contribution in [0.4, 0.5) is 5.69 Å². The zero-order chi connectivity index (χ0) is 17.9. The van der Waals surface area contributed by atoms with Gasteiger partial charge < -0.3 is 10.2 Å². The molecule has 2 aromatic rings. The van der Waals surface area contributed by atoms with Gasteiger partial charge in [-0.2, -0.15) is 0 Å². The molecule has 0 aromatic heterocycles. The van der Waals surface area contributed by atoms with Crippen LogP contribution in [0.3, 0.4) is 0 Å².